The number of anilines is 1. The van der Waals surface area contributed by atoms with Crippen molar-refractivity contribution in [2.45, 2.75) is 0 Å². The standard InChI is InChI=1S/C11H7N5OS2/c18-7-12-9-3-1-8(2-4-9)10-14-11(15-17-10)16-13-5-6-19-16/h1-6,13H. The lowest BCUT2D eigenvalue weighted by atomic mass is 10.2. The van der Waals surface area contributed by atoms with Crippen LogP contribution in [0.15, 0.2) is 45.4 Å². The Morgan fingerprint density at radius 1 is 1.37 bits per heavy atom. The zero-order valence-corrected chi connectivity index (χ0v) is 11.1. The highest BCUT2D eigenvalue weighted by molar-refractivity contribution is 8.03. The lowest BCUT2D eigenvalue weighted by molar-refractivity contribution is 0.431. The molecule has 1 N–H and O–H groups in total. The molecule has 2 aromatic rings. The first-order valence-electron chi connectivity index (χ1n) is 5.27. The van der Waals surface area contributed by atoms with Gasteiger partial charge < -0.3 is 4.52 Å². The topological polar surface area (TPSA) is 66.6 Å². The zero-order chi connectivity index (χ0) is 13.1. The summed E-state index contributed by atoms with van der Waals surface area (Å²) in [5.41, 5.74) is 4.51. The molecule has 0 amide bonds. The fourth-order valence-electron chi connectivity index (χ4n) is 1.47. The van der Waals surface area contributed by atoms with Crippen molar-refractivity contribution in [1.82, 2.24) is 15.6 Å². The quantitative estimate of drug-likeness (QED) is 0.529. The Morgan fingerprint density at radius 2 is 2.21 bits per heavy atom. The van der Waals surface area contributed by atoms with E-state index in [0.29, 0.717) is 11.8 Å². The summed E-state index contributed by atoms with van der Waals surface area (Å²) in [4.78, 5) is 8.17. The minimum Gasteiger partial charge on any atom is -0.332 e. The highest BCUT2D eigenvalue weighted by atomic mass is 32.2. The van der Waals surface area contributed by atoms with Crippen molar-refractivity contribution in [3.05, 3.63) is 35.9 Å². The van der Waals surface area contributed by atoms with Crippen LogP contribution in [0.5, 0.6) is 0 Å². The SMILES string of the molecule is S=C=Nc1ccc(-c2nc(N3NC=CS3)no2)cc1. The number of nitrogens with one attached hydrogen (secondary N) is 1. The van der Waals surface area contributed by atoms with Gasteiger partial charge in [0.1, 0.15) is 0 Å². The first-order chi connectivity index (χ1) is 9.36. The van der Waals surface area contributed by atoms with E-state index in [1.54, 1.807) is 10.6 Å². The van der Waals surface area contributed by atoms with Crippen molar-refractivity contribution in [1.29, 1.82) is 0 Å². The Labute approximate surface area is 118 Å². The predicted octanol–water partition coefficient (Wildman–Crippen LogP) is 2.91. The van der Waals surface area contributed by atoms with Crippen molar-refractivity contribution < 1.29 is 4.52 Å². The lowest BCUT2D eigenvalue weighted by Crippen LogP contribution is -2.23. The van der Waals surface area contributed by atoms with Crippen LogP contribution in [-0.4, -0.2) is 15.3 Å². The maximum Gasteiger partial charge on any atom is 0.295 e. The summed E-state index contributed by atoms with van der Waals surface area (Å²) in [6.45, 7) is 0. The van der Waals surface area contributed by atoms with Crippen LogP contribution in [0.25, 0.3) is 11.5 Å². The van der Waals surface area contributed by atoms with Gasteiger partial charge in [-0.3, -0.25) is 5.43 Å². The molecule has 1 aliphatic heterocycles. The summed E-state index contributed by atoms with van der Waals surface area (Å²) in [6, 6.07) is 7.29. The molecule has 0 atom stereocenters. The summed E-state index contributed by atoms with van der Waals surface area (Å²) in [7, 11) is 0. The van der Waals surface area contributed by atoms with Gasteiger partial charge in [-0.1, -0.05) is 0 Å². The van der Waals surface area contributed by atoms with Gasteiger partial charge in [-0.2, -0.15) is 14.4 Å². The fourth-order valence-corrected chi connectivity index (χ4v) is 2.11. The molecular weight excluding hydrogens is 282 g/mol. The average Bonchev–Trinajstić information content (AvgIpc) is 3.11. The van der Waals surface area contributed by atoms with Crippen LogP contribution >= 0.6 is 24.2 Å². The number of nitrogens with zero attached hydrogens (tertiary/aromatic N) is 4. The van der Waals surface area contributed by atoms with E-state index in [9.17, 15) is 0 Å². The number of benzene rings is 1. The van der Waals surface area contributed by atoms with Crippen LogP contribution in [0.3, 0.4) is 0 Å². The molecule has 8 heteroatoms. The third-order valence-electron chi connectivity index (χ3n) is 2.31. The van der Waals surface area contributed by atoms with Gasteiger partial charge in [0.2, 0.25) is 0 Å². The van der Waals surface area contributed by atoms with E-state index in [2.05, 4.69) is 37.9 Å². The first kappa shape index (κ1) is 11.9. The molecule has 1 aromatic heterocycles. The predicted molar refractivity (Wildman–Crippen MR) is 76.8 cm³/mol. The number of thiocarbonyl (C=S) groups is 1. The number of rotatable bonds is 3. The van der Waals surface area contributed by atoms with E-state index in [4.69, 9.17) is 4.52 Å². The smallest absolute Gasteiger partial charge is 0.295 e. The Bertz CT molecular complexity index is 652. The van der Waals surface area contributed by atoms with Crippen molar-refractivity contribution in [2.75, 3.05) is 4.41 Å². The number of aliphatic imine (C=N–C) groups is 1. The maximum atomic E-state index is 5.21. The molecule has 0 fully saturated rings. The van der Waals surface area contributed by atoms with Gasteiger partial charge in [0.25, 0.3) is 11.8 Å². The maximum absolute atomic E-state index is 5.21. The van der Waals surface area contributed by atoms with Crippen LogP contribution in [0.4, 0.5) is 11.6 Å². The van der Waals surface area contributed by atoms with Crippen LogP contribution in [0.2, 0.25) is 0 Å². The summed E-state index contributed by atoms with van der Waals surface area (Å²) < 4.78 is 6.90. The van der Waals surface area contributed by atoms with E-state index < -0.39 is 0 Å². The molecule has 1 aromatic carbocycles. The van der Waals surface area contributed by atoms with E-state index in [-0.39, 0.29) is 0 Å². The van der Waals surface area contributed by atoms with E-state index in [0.717, 1.165) is 11.3 Å². The van der Waals surface area contributed by atoms with Gasteiger partial charge in [0, 0.05) is 29.1 Å². The summed E-state index contributed by atoms with van der Waals surface area (Å²) in [5.74, 6) is 0.910. The second kappa shape index (κ2) is 5.23. The highest BCUT2D eigenvalue weighted by Crippen LogP contribution is 2.26. The Morgan fingerprint density at radius 3 is 2.89 bits per heavy atom. The number of hydrogen-bond acceptors (Lipinski definition) is 8. The normalized spacial score (nSPS) is 13.2. The average molecular weight is 289 g/mol. The molecule has 0 saturated heterocycles. The van der Waals surface area contributed by atoms with Crippen molar-refractivity contribution in [3.8, 4) is 11.5 Å². The number of isothiocyanates is 1. The molecule has 94 valence electrons. The summed E-state index contributed by atoms with van der Waals surface area (Å²) in [6.07, 6.45) is 1.79. The summed E-state index contributed by atoms with van der Waals surface area (Å²) in [5, 5.41) is 8.10. The van der Waals surface area contributed by atoms with Crippen molar-refractivity contribution in [2.24, 2.45) is 4.99 Å². The molecule has 1 aliphatic rings. The molecule has 0 radical (unpaired) electrons. The first-order valence-corrected chi connectivity index (χ1v) is 6.51. The molecule has 6 nitrogen and oxygen atoms in total. The monoisotopic (exact) mass is 289 g/mol. The van der Waals surface area contributed by atoms with Gasteiger partial charge in [-0.15, -0.1) is 0 Å². The minimum atomic E-state index is 0.446. The van der Waals surface area contributed by atoms with Crippen molar-refractivity contribution >= 4 is 41.0 Å². The van der Waals surface area contributed by atoms with Crippen molar-refractivity contribution in [3.63, 3.8) is 0 Å². The summed E-state index contributed by atoms with van der Waals surface area (Å²) >= 11 is 5.98. The van der Waals surface area contributed by atoms with Crippen LogP contribution < -0.4 is 9.84 Å². The van der Waals surface area contributed by atoms with Crippen LogP contribution in [0.1, 0.15) is 0 Å². The number of hydrazine groups is 1. The van der Waals surface area contributed by atoms with Gasteiger partial charge in [-0.25, -0.2) is 0 Å². The third-order valence-corrected chi connectivity index (χ3v) is 3.14. The van der Waals surface area contributed by atoms with Gasteiger partial charge >= 0.3 is 0 Å². The molecule has 0 spiro atoms. The fraction of sp³-hybridized carbons (Fsp3) is 0. The third kappa shape index (κ3) is 2.50. The van der Waals surface area contributed by atoms with Crippen LogP contribution in [-0.2, 0) is 0 Å². The zero-order valence-electron chi connectivity index (χ0n) is 9.48. The second-order valence-corrected chi connectivity index (χ2v) is 4.51. The van der Waals surface area contributed by atoms with Gasteiger partial charge in [0.05, 0.1) is 10.8 Å². The number of hydrogen-bond donors (Lipinski definition) is 1. The molecule has 0 bridgehead atoms. The van der Waals surface area contributed by atoms with E-state index >= 15 is 0 Å². The molecule has 0 aliphatic carbocycles. The van der Waals surface area contributed by atoms with Gasteiger partial charge in [-0.05, 0) is 41.6 Å². The molecule has 2 heterocycles. The lowest BCUT2D eigenvalue weighted by Gasteiger charge is -2.09. The Hall–Kier alpha value is -2.15. The molecular formula is C11H7N5OS2. The molecule has 0 saturated carbocycles. The van der Waals surface area contributed by atoms with E-state index in [1.165, 1.54) is 11.9 Å². The minimum absolute atomic E-state index is 0.446. The Balaban J connectivity index is 1.83. The highest BCUT2D eigenvalue weighted by Gasteiger charge is 2.16. The molecule has 19 heavy (non-hydrogen) atoms. The second-order valence-electron chi connectivity index (χ2n) is 3.48. The largest absolute Gasteiger partial charge is 0.332 e. The van der Waals surface area contributed by atoms with E-state index in [1.807, 2.05) is 29.7 Å². The molecule has 3 rings (SSSR count). The molecule has 0 unspecified atom stereocenters. The Kier molecular flexibility index (Phi) is 3.28. The van der Waals surface area contributed by atoms with Gasteiger partial charge in [0.15, 0.2) is 0 Å². The number of aromatic nitrogens is 2. The van der Waals surface area contributed by atoms with Crippen LogP contribution in [0, 0.1) is 0 Å².